The molecular formula is C31H32F6N4O4. The first-order valence-electron chi connectivity index (χ1n) is 14.0. The van der Waals surface area contributed by atoms with Gasteiger partial charge in [0.15, 0.2) is 0 Å². The fourth-order valence-corrected chi connectivity index (χ4v) is 4.59. The molecule has 1 fully saturated rings. The second kappa shape index (κ2) is 13.3. The molecule has 14 heteroatoms. The molecule has 242 valence electrons. The van der Waals surface area contributed by atoms with Crippen LogP contribution >= 0.6 is 0 Å². The van der Waals surface area contributed by atoms with Crippen LogP contribution in [-0.2, 0) is 22.0 Å². The summed E-state index contributed by atoms with van der Waals surface area (Å²) >= 11 is 0. The number of benzene rings is 2. The molecular weight excluding hydrogens is 606 g/mol. The first kappa shape index (κ1) is 33.6. The van der Waals surface area contributed by atoms with Gasteiger partial charge in [-0.25, -0.2) is 14.2 Å². The number of hydrogen-bond acceptors (Lipinski definition) is 7. The molecule has 1 unspecified atom stereocenters. The molecule has 0 spiro atoms. The van der Waals surface area contributed by atoms with Crippen molar-refractivity contribution in [1.82, 2.24) is 10.3 Å². The third kappa shape index (κ3) is 8.44. The van der Waals surface area contributed by atoms with E-state index in [-0.39, 0.29) is 23.6 Å². The van der Waals surface area contributed by atoms with Gasteiger partial charge in [0.2, 0.25) is 6.10 Å². The highest BCUT2D eigenvalue weighted by Gasteiger charge is 2.60. The third-order valence-corrected chi connectivity index (χ3v) is 6.72. The zero-order valence-corrected chi connectivity index (χ0v) is 24.6. The molecule has 0 bridgehead atoms. The van der Waals surface area contributed by atoms with Crippen LogP contribution in [0.2, 0.25) is 0 Å². The maximum Gasteiger partial charge on any atom is 0.458 e. The van der Waals surface area contributed by atoms with Crippen molar-refractivity contribution in [3.63, 3.8) is 0 Å². The molecule has 1 saturated heterocycles. The fraction of sp³-hybridized carbons (Fsp3) is 0.387. The molecule has 0 saturated carbocycles. The molecule has 1 aliphatic rings. The van der Waals surface area contributed by atoms with Crippen LogP contribution in [0.5, 0.6) is 5.75 Å². The number of ether oxygens (including phenoxy) is 2. The van der Waals surface area contributed by atoms with Crippen LogP contribution < -0.4 is 20.7 Å². The van der Waals surface area contributed by atoms with Gasteiger partial charge in [0.25, 0.3) is 5.91 Å². The average Bonchev–Trinajstić information content (AvgIpc) is 3.49. The quantitative estimate of drug-likeness (QED) is 0.170. The lowest BCUT2D eigenvalue weighted by Gasteiger charge is -2.30. The van der Waals surface area contributed by atoms with Gasteiger partial charge in [-0.1, -0.05) is 12.1 Å². The zero-order chi connectivity index (χ0) is 33.0. The lowest BCUT2D eigenvalue weighted by Crippen LogP contribution is -2.47. The van der Waals surface area contributed by atoms with Gasteiger partial charge in [-0.3, -0.25) is 4.79 Å². The number of halogens is 6. The molecule has 8 nitrogen and oxygen atoms in total. The minimum atomic E-state index is -5.98. The Morgan fingerprint density at radius 2 is 1.76 bits per heavy atom. The van der Waals surface area contributed by atoms with Gasteiger partial charge in [0.05, 0.1) is 17.2 Å². The minimum absolute atomic E-state index is 0.0218. The fourth-order valence-electron chi connectivity index (χ4n) is 4.59. The standard InChI is InChI=1S/C31H32F6N4O4/c1-29(2,3)45-28(43)25(23-7-5-14-38-23)44-24-16-20(12-13-22(24)30(33,34)31(35,36)37)41-27(42)21-6-4-15-39-26(21)40-17-18-8-10-19(32)11-9-18/h4,6,8-13,15-16,23,25,38H,5,7,14,17H2,1-3H3,(H,39,40)(H,41,42)/t23?,25-/m1/s1. The van der Waals surface area contributed by atoms with Crippen LogP contribution in [-0.4, -0.2) is 47.3 Å². The average molecular weight is 639 g/mol. The van der Waals surface area contributed by atoms with E-state index in [2.05, 4.69) is 20.9 Å². The van der Waals surface area contributed by atoms with Gasteiger partial charge < -0.3 is 25.4 Å². The zero-order valence-electron chi connectivity index (χ0n) is 24.6. The summed E-state index contributed by atoms with van der Waals surface area (Å²) in [6.07, 6.45) is -5.15. The van der Waals surface area contributed by atoms with E-state index in [1.54, 1.807) is 20.8 Å². The van der Waals surface area contributed by atoms with Crippen molar-refractivity contribution < 1.29 is 45.4 Å². The molecule has 4 rings (SSSR count). The molecule has 45 heavy (non-hydrogen) atoms. The van der Waals surface area contributed by atoms with Crippen molar-refractivity contribution in [2.75, 3.05) is 17.2 Å². The van der Waals surface area contributed by atoms with Crippen LogP contribution in [0, 0.1) is 5.82 Å². The number of aromatic nitrogens is 1. The first-order valence-corrected chi connectivity index (χ1v) is 14.0. The largest absolute Gasteiger partial charge is 0.476 e. The normalized spacial score (nSPS) is 16.2. The topological polar surface area (TPSA) is 102 Å². The molecule has 1 amide bonds. The van der Waals surface area contributed by atoms with Crippen LogP contribution in [0.15, 0.2) is 60.8 Å². The van der Waals surface area contributed by atoms with E-state index in [4.69, 9.17) is 9.47 Å². The maximum absolute atomic E-state index is 14.7. The van der Waals surface area contributed by atoms with Crippen LogP contribution in [0.1, 0.15) is 55.1 Å². The Hall–Kier alpha value is -4.33. The number of nitrogens with zero attached hydrogens (tertiary/aromatic N) is 1. The van der Waals surface area contributed by atoms with E-state index in [0.29, 0.717) is 31.0 Å². The van der Waals surface area contributed by atoms with Gasteiger partial charge in [-0.15, -0.1) is 0 Å². The molecule has 2 atom stereocenters. The summed E-state index contributed by atoms with van der Waals surface area (Å²) in [5.41, 5.74) is -2.02. The number of rotatable bonds is 10. The Balaban J connectivity index is 1.65. The van der Waals surface area contributed by atoms with E-state index in [0.717, 1.165) is 12.1 Å². The number of hydrogen-bond donors (Lipinski definition) is 3. The van der Waals surface area contributed by atoms with Gasteiger partial charge in [0.1, 0.15) is 23.0 Å². The highest BCUT2D eigenvalue weighted by atomic mass is 19.4. The van der Waals surface area contributed by atoms with Crippen molar-refractivity contribution in [3.8, 4) is 5.75 Å². The summed E-state index contributed by atoms with van der Waals surface area (Å²) < 4.78 is 94.2. The van der Waals surface area contributed by atoms with E-state index < -0.39 is 58.9 Å². The van der Waals surface area contributed by atoms with Crippen LogP contribution in [0.3, 0.4) is 0 Å². The predicted octanol–water partition coefficient (Wildman–Crippen LogP) is 6.58. The number of pyridine rings is 1. The number of amides is 1. The second-order valence-corrected chi connectivity index (χ2v) is 11.4. The molecule has 1 aromatic heterocycles. The Morgan fingerprint density at radius 3 is 2.38 bits per heavy atom. The van der Waals surface area contributed by atoms with E-state index >= 15 is 0 Å². The maximum atomic E-state index is 14.7. The Labute approximate surface area is 255 Å². The summed E-state index contributed by atoms with van der Waals surface area (Å²) in [4.78, 5) is 30.5. The number of alkyl halides is 5. The summed E-state index contributed by atoms with van der Waals surface area (Å²) in [6.45, 7) is 5.37. The monoisotopic (exact) mass is 638 g/mol. The predicted molar refractivity (Wildman–Crippen MR) is 154 cm³/mol. The van der Waals surface area contributed by atoms with Gasteiger partial charge in [-0.2, -0.15) is 22.0 Å². The number of esters is 1. The van der Waals surface area contributed by atoms with Crippen molar-refractivity contribution in [3.05, 3.63) is 83.3 Å². The SMILES string of the molecule is CC(C)(C)OC(=O)[C@H](Oc1cc(NC(=O)c2cccnc2NCc2ccc(F)cc2)ccc1C(F)(F)C(F)(F)F)C1CCCN1. The Bertz CT molecular complexity index is 1500. The second-order valence-electron chi connectivity index (χ2n) is 11.4. The van der Waals surface area contributed by atoms with Crippen molar-refractivity contribution >= 4 is 23.4 Å². The lowest BCUT2D eigenvalue weighted by molar-refractivity contribution is -0.289. The molecule has 3 N–H and O–H groups in total. The highest BCUT2D eigenvalue weighted by molar-refractivity contribution is 6.07. The molecule has 1 aliphatic heterocycles. The molecule has 3 aromatic rings. The number of anilines is 2. The Kier molecular flexibility index (Phi) is 9.95. The number of carbonyl (C=O) groups excluding carboxylic acids is 2. The van der Waals surface area contributed by atoms with Crippen LogP contribution in [0.25, 0.3) is 0 Å². The number of carbonyl (C=O) groups is 2. The van der Waals surface area contributed by atoms with Gasteiger partial charge >= 0.3 is 18.1 Å². The molecule has 2 heterocycles. The summed E-state index contributed by atoms with van der Waals surface area (Å²) in [7, 11) is 0. The summed E-state index contributed by atoms with van der Waals surface area (Å²) in [5, 5.41) is 8.42. The number of nitrogens with one attached hydrogen (secondary N) is 3. The molecule has 0 aliphatic carbocycles. The van der Waals surface area contributed by atoms with E-state index in [1.807, 2.05) is 0 Å². The highest BCUT2D eigenvalue weighted by Crippen LogP contribution is 2.48. The summed E-state index contributed by atoms with van der Waals surface area (Å²) in [5.74, 6) is -8.32. The lowest BCUT2D eigenvalue weighted by atomic mass is 10.0. The van der Waals surface area contributed by atoms with Crippen molar-refractivity contribution in [2.45, 2.75) is 70.0 Å². The smallest absolute Gasteiger partial charge is 0.458 e. The third-order valence-electron chi connectivity index (χ3n) is 6.72. The summed E-state index contributed by atoms with van der Waals surface area (Å²) in [6, 6.07) is 9.95. The minimum Gasteiger partial charge on any atom is -0.476 e. The van der Waals surface area contributed by atoms with Crippen molar-refractivity contribution in [1.29, 1.82) is 0 Å². The molecule has 2 aromatic carbocycles. The molecule has 0 radical (unpaired) electrons. The first-order chi connectivity index (χ1) is 21.0. The van der Waals surface area contributed by atoms with Crippen molar-refractivity contribution in [2.24, 2.45) is 0 Å². The van der Waals surface area contributed by atoms with E-state index in [1.165, 1.54) is 42.6 Å². The van der Waals surface area contributed by atoms with Crippen LogP contribution in [0.4, 0.5) is 37.8 Å². The van der Waals surface area contributed by atoms with Gasteiger partial charge in [0, 0.05) is 24.5 Å². The van der Waals surface area contributed by atoms with E-state index in [9.17, 15) is 35.9 Å². The Morgan fingerprint density at radius 1 is 1.04 bits per heavy atom. The van der Waals surface area contributed by atoms with Gasteiger partial charge in [-0.05, 0) is 82.1 Å².